The lowest BCUT2D eigenvalue weighted by molar-refractivity contribution is 0.184. The number of benzene rings is 1. The number of halogens is 1. The van der Waals surface area contributed by atoms with E-state index in [2.05, 4.69) is 59.1 Å². The van der Waals surface area contributed by atoms with Crippen molar-refractivity contribution in [3.05, 3.63) is 28.2 Å². The van der Waals surface area contributed by atoms with Crippen LogP contribution in [-0.2, 0) is 6.54 Å². The van der Waals surface area contributed by atoms with E-state index in [1.807, 2.05) is 6.07 Å². The summed E-state index contributed by atoms with van der Waals surface area (Å²) in [6, 6.07) is 7.58. The number of ether oxygens (including phenoxy) is 1. The first-order valence-corrected chi connectivity index (χ1v) is 8.60. The maximum absolute atomic E-state index is 5.31. The van der Waals surface area contributed by atoms with E-state index in [1.165, 1.54) is 12.0 Å². The molecule has 1 fully saturated rings. The first kappa shape index (κ1) is 16.8. The van der Waals surface area contributed by atoms with Crippen molar-refractivity contribution in [3.63, 3.8) is 0 Å². The normalized spacial score (nSPS) is 24.1. The molecule has 1 aromatic rings. The molecule has 4 heteroatoms. The van der Waals surface area contributed by atoms with Crippen LogP contribution in [-0.4, -0.2) is 37.2 Å². The summed E-state index contributed by atoms with van der Waals surface area (Å²) in [5.74, 6) is 1.56. The molecule has 0 aromatic heterocycles. The fourth-order valence-corrected chi connectivity index (χ4v) is 3.46. The Hall–Kier alpha value is -0.580. The van der Waals surface area contributed by atoms with Crippen LogP contribution in [0.25, 0.3) is 0 Å². The van der Waals surface area contributed by atoms with Crippen LogP contribution in [0, 0.1) is 5.92 Å². The lowest BCUT2D eigenvalue weighted by Crippen LogP contribution is -2.42. The van der Waals surface area contributed by atoms with Crippen molar-refractivity contribution in [1.82, 2.24) is 10.2 Å². The molecule has 0 amide bonds. The molecular weight excluding hydrogens is 328 g/mol. The number of nitrogens with zero attached hydrogens (tertiary/aromatic N) is 1. The SMILES string of the molecule is COc1ccc(CN2CC(C(C)C)NCCC2C)cc1Br. The van der Waals surface area contributed by atoms with Gasteiger partial charge in [0, 0.05) is 25.2 Å². The number of hydrogen-bond donors (Lipinski definition) is 1. The van der Waals surface area contributed by atoms with Crippen LogP contribution in [0.5, 0.6) is 5.75 Å². The second-order valence-electron chi connectivity index (χ2n) is 6.34. The van der Waals surface area contributed by atoms with Crippen LogP contribution in [0.4, 0.5) is 0 Å². The Balaban J connectivity index is 2.10. The number of rotatable bonds is 4. The molecule has 0 spiro atoms. The fraction of sp³-hybridized carbons (Fsp3) is 0.647. The third-order valence-electron chi connectivity index (χ3n) is 4.43. The van der Waals surface area contributed by atoms with Gasteiger partial charge in [0.1, 0.15) is 5.75 Å². The van der Waals surface area contributed by atoms with E-state index < -0.39 is 0 Å². The quantitative estimate of drug-likeness (QED) is 0.892. The van der Waals surface area contributed by atoms with E-state index in [1.54, 1.807) is 7.11 Å². The Morgan fingerprint density at radius 2 is 2.19 bits per heavy atom. The van der Waals surface area contributed by atoms with Gasteiger partial charge in [-0.15, -0.1) is 0 Å². The average molecular weight is 355 g/mol. The Kier molecular flexibility index (Phi) is 6.08. The maximum Gasteiger partial charge on any atom is 0.133 e. The molecule has 1 heterocycles. The first-order valence-electron chi connectivity index (χ1n) is 7.81. The lowest BCUT2D eigenvalue weighted by Gasteiger charge is -2.30. The van der Waals surface area contributed by atoms with Crippen LogP contribution in [0.1, 0.15) is 32.8 Å². The highest BCUT2D eigenvalue weighted by molar-refractivity contribution is 9.10. The van der Waals surface area contributed by atoms with Crippen LogP contribution in [0.3, 0.4) is 0 Å². The summed E-state index contributed by atoms with van der Waals surface area (Å²) >= 11 is 3.58. The summed E-state index contributed by atoms with van der Waals surface area (Å²) in [4.78, 5) is 2.60. The second kappa shape index (κ2) is 7.61. The maximum atomic E-state index is 5.31. The van der Waals surface area contributed by atoms with Gasteiger partial charge in [-0.2, -0.15) is 0 Å². The largest absolute Gasteiger partial charge is 0.496 e. The predicted molar refractivity (Wildman–Crippen MR) is 91.8 cm³/mol. The van der Waals surface area contributed by atoms with Gasteiger partial charge in [0.15, 0.2) is 0 Å². The van der Waals surface area contributed by atoms with Crippen molar-refractivity contribution in [2.75, 3.05) is 20.2 Å². The summed E-state index contributed by atoms with van der Waals surface area (Å²) in [5, 5.41) is 3.69. The van der Waals surface area contributed by atoms with Crippen molar-refractivity contribution in [3.8, 4) is 5.75 Å². The highest BCUT2D eigenvalue weighted by atomic mass is 79.9. The third kappa shape index (κ3) is 4.44. The molecule has 2 atom stereocenters. The van der Waals surface area contributed by atoms with Gasteiger partial charge in [-0.05, 0) is 59.4 Å². The van der Waals surface area contributed by atoms with E-state index in [4.69, 9.17) is 4.74 Å². The summed E-state index contributed by atoms with van der Waals surface area (Å²) < 4.78 is 6.34. The molecule has 1 aromatic carbocycles. The van der Waals surface area contributed by atoms with Crippen molar-refractivity contribution in [2.45, 2.75) is 45.8 Å². The smallest absolute Gasteiger partial charge is 0.133 e. The molecule has 21 heavy (non-hydrogen) atoms. The van der Waals surface area contributed by atoms with Crippen LogP contribution in [0.2, 0.25) is 0 Å². The fourth-order valence-electron chi connectivity index (χ4n) is 2.87. The molecule has 0 radical (unpaired) electrons. The molecule has 2 unspecified atom stereocenters. The second-order valence-corrected chi connectivity index (χ2v) is 7.20. The third-order valence-corrected chi connectivity index (χ3v) is 5.05. The van der Waals surface area contributed by atoms with Gasteiger partial charge >= 0.3 is 0 Å². The number of hydrogen-bond acceptors (Lipinski definition) is 3. The summed E-state index contributed by atoms with van der Waals surface area (Å²) in [6.45, 7) is 10.2. The van der Waals surface area contributed by atoms with Crippen molar-refractivity contribution in [2.24, 2.45) is 5.92 Å². The van der Waals surface area contributed by atoms with E-state index in [0.717, 1.165) is 29.9 Å². The van der Waals surface area contributed by atoms with E-state index in [9.17, 15) is 0 Å². The zero-order valence-electron chi connectivity index (χ0n) is 13.5. The number of methoxy groups -OCH3 is 1. The Labute approximate surface area is 137 Å². The molecule has 0 bridgehead atoms. The Morgan fingerprint density at radius 3 is 2.81 bits per heavy atom. The zero-order valence-corrected chi connectivity index (χ0v) is 15.1. The topological polar surface area (TPSA) is 24.5 Å². The van der Waals surface area contributed by atoms with Crippen molar-refractivity contribution in [1.29, 1.82) is 0 Å². The van der Waals surface area contributed by atoms with Crippen molar-refractivity contribution >= 4 is 15.9 Å². The molecule has 0 saturated carbocycles. The summed E-state index contributed by atoms with van der Waals surface area (Å²) in [6.07, 6.45) is 1.21. The monoisotopic (exact) mass is 354 g/mol. The Bertz CT molecular complexity index is 464. The van der Waals surface area contributed by atoms with E-state index in [0.29, 0.717) is 18.0 Å². The highest BCUT2D eigenvalue weighted by Gasteiger charge is 2.24. The van der Waals surface area contributed by atoms with E-state index in [-0.39, 0.29) is 0 Å². The molecule has 2 rings (SSSR count). The molecule has 3 nitrogen and oxygen atoms in total. The Morgan fingerprint density at radius 1 is 1.43 bits per heavy atom. The average Bonchev–Trinajstić information content (AvgIpc) is 2.62. The standard InChI is InChI=1S/C17H27BrN2O/c1-12(2)16-11-20(13(3)7-8-19-16)10-14-5-6-17(21-4)15(18)9-14/h5-6,9,12-13,16,19H,7-8,10-11H2,1-4H3. The minimum Gasteiger partial charge on any atom is -0.496 e. The molecular formula is C17H27BrN2O. The van der Waals surface area contributed by atoms with Gasteiger partial charge < -0.3 is 10.1 Å². The zero-order chi connectivity index (χ0) is 15.4. The summed E-state index contributed by atoms with van der Waals surface area (Å²) in [5.41, 5.74) is 1.33. The van der Waals surface area contributed by atoms with Gasteiger partial charge in [-0.1, -0.05) is 19.9 Å². The molecule has 1 aliphatic rings. The predicted octanol–water partition coefficient (Wildman–Crippen LogP) is 3.67. The van der Waals surface area contributed by atoms with Gasteiger partial charge in [-0.3, -0.25) is 4.90 Å². The van der Waals surface area contributed by atoms with E-state index >= 15 is 0 Å². The molecule has 1 aliphatic heterocycles. The minimum absolute atomic E-state index is 0.580. The van der Waals surface area contributed by atoms with Gasteiger partial charge in [-0.25, -0.2) is 0 Å². The van der Waals surface area contributed by atoms with Gasteiger partial charge in [0.25, 0.3) is 0 Å². The van der Waals surface area contributed by atoms with Gasteiger partial charge in [0.05, 0.1) is 11.6 Å². The molecule has 1 saturated heterocycles. The molecule has 1 N–H and O–H groups in total. The lowest BCUT2D eigenvalue weighted by atomic mass is 10.0. The highest BCUT2D eigenvalue weighted by Crippen LogP contribution is 2.27. The minimum atomic E-state index is 0.580. The van der Waals surface area contributed by atoms with Crippen LogP contribution in [0.15, 0.2) is 22.7 Å². The van der Waals surface area contributed by atoms with Crippen LogP contribution < -0.4 is 10.1 Å². The van der Waals surface area contributed by atoms with Gasteiger partial charge in [0.2, 0.25) is 0 Å². The van der Waals surface area contributed by atoms with Crippen LogP contribution >= 0.6 is 15.9 Å². The summed E-state index contributed by atoms with van der Waals surface area (Å²) in [7, 11) is 1.70. The first-order chi connectivity index (χ1) is 10.0. The molecule has 118 valence electrons. The number of nitrogens with one attached hydrogen (secondary N) is 1. The van der Waals surface area contributed by atoms with Crippen molar-refractivity contribution < 1.29 is 4.74 Å². The molecule has 0 aliphatic carbocycles.